The molecule has 3 heterocycles. The van der Waals surface area contributed by atoms with Crippen LogP contribution < -0.4 is 4.74 Å². The molecular weight excluding hydrogens is 408 g/mol. The van der Waals surface area contributed by atoms with Crippen molar-refractivity contribution in [3.63, 3.8) is 0 Å². The fourth-order valence-electron chi connectivity index (χ4n) is 5.14. The van der Waals surface area contributed by atoms with Crippen molar-refractivity contribution in [3.05, 3.63) is 64.7 Å². The number of fused-ring (bicyclic) bond motifs is 3. The summed E-state index contributed by atoms with van der Waals surface area (Å²) in [6.45, 7) is 4.72. The number of carbonyl (C=O) groups is 1. The number of hydrogen-bond donors (Lipinski definition) is 1. The minimum atomic E-state index is -0.615. The number of methoxy groups -OCH3 is 1. The molecule has 1 unspecified atom stereocenters. The maximum atomic E-state index is 11.9. The normalized spacial score (nSPS) is 23.9. The molecule has 1 fully saturated rings. The number of rotatable bonds is 5. The smallest absolute Gasteiger partial charge is 0.337 e. The fraction of sp³-hybridized carbons (Fsp3) is 0.480. The lowest BCUT2D eigenvalue weighted by Gasteiger charge is -2.49. The number of aliphatic hydroxyl groups is 1. The van der Waals surface area contributed by atoms with Gasteiger partial charge in [0.1, 0.15) is 12.4 Å². The molecule has 0 bridgehead atoms. The summed E-state index contributed by atoms with van der Waals surface area (Å²) in [5.74, 6) is 0.261. The Hall–Kier alpha value is -2.45. The summed E-state index contributed by atoms with van der Waals surface area (Å²) in [5, 5.41) is 11.0. The van der Waals surface area contributed by atoms with Gasteiger partial charge in [-0.05, 0) is 29.7 Å². The van der Waals surface area contributed by atoms with Gasteiger partial charge < -0.3 is 19.3 Å². The number of ether oxygens (including phenoxy) is 3. The maximum Gasteiger partial charge on any atom is 0.337 e. The number of β-amino-alcohol motifs (C(OH)–C–C–N with tert-alkyl or cyclic N) is 1. The van der Waals surface area contributed by atoms with Crippen molar-refractivity contribution in [2.75, 3.05) is 46.5 Å². The van der Waals surface area contributed by atoms with Gasteiger partial charge in [-0.2, -0.15) is 0 Å². The van der Waals surface area contributed by atoms with Crippen molar-refractivity contribution >= 4 is 5.97 Å². The highest BCUT2D eigenvalue weighted by molar-refractivity contribution is 5.90. The van der Waals surface area contributed by atoms with Crippen molar-refractivity contribution in [3.8, 4) is 5.75 Å². The van der Waals surface area contributed by atoms with Gasteiger partial charge in [-0.25, -0.2) is 4.79 Å². The molecule has 7 nitrogen and oxygen atoms in total. The molecule has 32 heavy (non-hydrogen) atoms. The molecule has 1 spiro atoms. The Balaban J connectivity index is 1.30. The van der Waals surface area contributed by atoms with Crippen LogP contribution in [0.3, 0.4) is 0 Å². The number of esters is 1. The summed E-state index contributed by atoms with van der Waals surface area (Å²) < 4.78 is 17.0. The first kappa shape index (κ1) is 21.4. The third kappa shape index (κ3) is 3.90. The summed E-state index contributed by atoms with van der Waals surface area (Å²) >= 11 is 0. The zero-order chi connectivity index (χ0) is 22.1. The van der Waals surface area contributed by atoms with Crippen LogP contribution in [-0.4, -0.2) is 73.5 Å². The highest BCUT2D eigenvalue weighted by Crippen LogP contribution is 2.46. The van der Waals surface area contributed by atoms with Crippen molar-refractivity contribution < 1.29 is 24.1 Å². The first-order chi connectivity index (χ1) is 15.6. The average Bonchev–Trinajstić information content (AvgIpc) is 2.94. The van der Waals surface area contributed by atoms with Crippen LogP contribution in [0.15, 0.2) is 42.5 Å². The molecule has 0 aromatic heterocycles. The molecule has 0 aliphatic carbocycles. The van der Waals surface area contributed by atoms with Gasteiger partial charge in [0, 0.05) is 44.7 Å². The van der Waals surface area contributed by atoms with E-state index >= 15 is 0 Å². The van der Waals surface area contributed by atoms with E-state index in [1.54, 1.807) is 12.1 Å². The van der Waals surface area contributed by atoms with E-state index in [2.05, 4.69) is 34.1 Å². The van der Waals surface area contributed by atoms with E-state index in [0.29, 0.717) is 44.2 Å². The number of benzene rings is 2. The molecular formula is C25H30N2O5. The largest absolute Gasteiger partial charge is 0.492 e. The van der Waals surface area contributed by atoms with Crippen molar-refractivity contribution in [1.82, 2.24) is 9.80 Å². The lowest BCUT2D eigenvalue weighted by atomic mass is 9.91. The topological polar surface area (TPSA) is 71.5 Å². The van der Waals surface area contributed by atoms with E-state index in [-0.39, 0.29) is 5.97 Å². The van der Waals surface area contributed by atoms with Gasteiger partial charge in [-0.3, -0.25) is 9.80 Å². The molecule has 2 aromatic carbocycles. The van der Waals surface area contributed by atoms with Crippen LogP contribution in [0.25, 0.3) is 0 Å². The molecule has 3 aliphatic rings. The van der Waals surface area contributed by atoms with Crippen LogP contribution in [0.2, 0.25) is 0 Å². The molecule has 5 rings (SSSR count). The first-order valence-electron chi connectivity index (χ1n) is 11.3. The Kier molecular flexibility index (Phi) is 5.90. The second-order valence-corrected chi connectivity index (χ2v) is 8.79. The predicted molar refractivity (Wildman–Crippen MR) is 119 cm³/mol. The van der Waals surface area contributed by atoms with E-state index in [1.165, 1.54) is 18.2 Å². The summed E-state index contributed by atoms with van der Waals surface area (Å²) in [7, 11) is 1.37. The van der Waals surface area contributed by atoms with Crippen molar-refractivity contribution in [2.24, 2.45) is 0 Å². The lowest BCUT2D eigenvalue weighted by Crippen LogP contribution is -2.58. The third-order valence-electron chi connectivity index (χ3n) is 6.84. The van der Waals surface area contributed by atoms with Gasteiger partial charge in [-0.1, -0.05) is 30.3 Å². The quantitative estimate of drug-likeness (QED) is 0.718. The first-order valence-corrected chi connectivity index (χ1v) is 11.3. The Labute approximate surface area is 188 Å². The molecule has 7 heteroatoms. The van der Waals surface area contributed by atoms with Crippen LogP contribution in [0.4, 0.5) is 0 Å². The Morgan fingerprint density at radius 1 is 1.16 bits per heavy atom. The minimum Gasteiger partial charge on any atom is -0.492 e. The van der Waals surface area contributed by atoms with Crippen LogP contribution in [0, 0.1) is 0 Å². The monoisotopic (exact) mass is 438 g/mol. The second-order valence-electron chi connectivity index (χ2n) is 8.79. The number of hydrogen-bond acceptors (Lipinski definition) is 7. The van der Waals surface area contributed by atoms with Gasteiger partial charge in [0.2, 0.25) is 0 Å². The van der Waals surface area contributed by atoms with Crippen LogP contribution in [0.1, 0.15) is 33.5 Å². The number of carbonyl (C=O) groups excluding carboxylic acids is 1. The van der Waals surface area contributed by atoms with Gasteiger partial charge >= 0.3 is 5.97 Å². The van der Waals surface area contributed by atoms with E-state index in [1.807, 2.05) is 6.07 Å². The summed E-state index contributed by atoms with van der Waals surface area (Å²) in [6, 6.07) is 13.9. The van der Waals surface area contributed by atoms with E-state index < -0.39 is 11.8 Å². The van der Waals surface area contributed by atoms with Crippen molar-refractivity contribution in [2.45, 2.75) is 31.2 Å². The standard InChI is InChI=1S/C25H30N2O5/c1-30-24(29)19-6-7-22-23(14-19)31-13-11-27(25(22)9-12-32-25)17-21(28)16-26-10-8-18-4-2-3-5-20(18)15-26/h2-7,14,21,28H,8-13,15-17H2,1H3/t21-,25?/m1/s1. The predicted octanol–water partition coefficient (Wildman–Crippen LogP) is 2.16. The SMILES string of the molecule is COC(=O)c1ccc2c(c1)OCCN(C[C@H](O)CN1CCc3ccccc3C1)C21CCO1. The zero-order valence-electron chi connectivity index (χ0n) is 18.5. The summed E-state index contributed by atoms with van der Waals surface area (Å²) in [6.07, 6.45) is 1.34. The molecule has 1 N–H and O–H groups in total. The lowest BCUT2D eigenvalue weighted by molar-refractivity contribution is -0.251. The molecule has 0 saturated carbocycles. The van der Waals surface area contributed by atoms with Gasteiger partial charge in [0.15, 0.2) is 5.72 Å². The zero-order valence-corrected chi connectivity index (χ0v) is 18.5. The average molecular weight is 439 g/mol. The molecule has 2 aromatic rings. The number of aliphatic hydroxyl groups excluding tert-OH is 1. The minimum absolute atomic E-state index is 0.389. The molecule has 0 radical (unpaired) electrons. The Bertz CT molecular complexity index is 990. The van der Waals surface area contributed by atoms with Gasteiger partial charge in [0.05, 0.1) is 25.4 Å². The second kappa shape index (κ2) is 8.83. The highest BCUT2D eigenvalue weighted by atomic mass is 16.5. The molecule has 2 atom stereocenters. The summed E-state index contributed by atoms with van der Waals surface area (Å²) in [4.78, 5) is 16.5. The van der Waals surface area contributed by atoms with E-state index in [0.717, 1.165) is 31.5 Å². The molecule has 0 amide bonds. The fourth-order valence-corrected chi connectivity index (χ4v) is 5.14. The van der Waals surface area contributed by atoms with Gasteiger partial charge in [0.25, 0.3) is 0 Å². The Morgan fingerprint density at radius 3 is 2.72 bits per heavy atom. The molecule has 1 saturated heterocycles. The number of nitrogens with zero attached hydrogens (tertiary/aromatic N) is 2. The van der Waals surface area contributed by atoms with E-state index in [9.17, 15) is 9.90 Å². The molecule has 3 aliphatic heterocycles. The van der Waals surface area contributed by atoms with E-state index in [4.69, 9.17) is 14.2 Å². The van der Waals surface area contributed by atoms with Crippen molar-refractivity contribution in [1.29, 1.82) is 0 Å². The van der Waals surface area contributed by atoms with Crippen LogP contribution in [0.5, 0.6) is 5.75 Å². The Morgan fingerprint density at radius 2 is 1.97 bits per heavy atom. The highest BCUT2D eigenvalue weighted by Gasteiger charge is 2.49. The van der Waals surface area contributed by atoms with Gasteiger partial charge in [-0.15, -0.1) is 0 Å². The maximum absolute atomic E-state index is 11.9. The van der Waals surface area contributed by atoms with Crippen LogP contribution >= 0.6 is 0 Å². The molecule has 170 valence electrons. The summed E-state index contributed by atoms with van der Waals surface area (Å²) in [5.41, 5.74) is 3.51. The third-order valence-corrected chi connectivity index (χ3v) is 6.84. The van der Waals surface area contributed by atoms with Crippen LogP contribution in [-0.2, 0) is 28.2 Å².